The lowest BCUT2D eigenvalue weighted by molar-refractivity contribution is -0.0901. The summed E-state index contributed by atoms with van der Waals surface area (Å²) < 4.78 is 37.9. The molecule has 13 heteroatoms. The number of amides is 1. The predicted molar refractivity (Wildman–Crippen MR) is 127 cm³/mol. The largest absolute Gasteiger partial charge is 0.488 e. The molecule has 5 rings (SSSR count). The fraction of sp³-hybridized carbons (Fsp3) is 0.583. The van der Waals surface area contributed by atoms with Crippen LogP contribution in [0.1, 0.15) is 42.6 Å². The lowest BCUT2D eigenvalue weighted by Crippen LogP contribution is -2.50. The van der Waals surface area contributed by atoms with Gasteiger partial charge < -0.3 is 25.4 Å². The zero-order chi connectivity index (χ0) is 26.0. The molecule has 0 unspecified atom stereocenters. The van der Waals surface area contributed by atoms with Crippen molar-refractivity contribution in [1.29, 1.82) is 5.26 Å². The molecular formula is C24H28F2N8O3. The van der Waals surface area contributed by atoms with E-state index in [0.29, 0.717) is 37.1 Å². The molecule has 37 heavy (non-hydrogen) atoms. The molecular weight excluding hydrogens is 486 g/mol. The van der Waals surface area contributed by atoms with Crippen LogP contribution in [0.2, 0.25) is 0 Å². The second-order valence-corrected chi connectivity index (χ2v) is 9.88. The number of nitriles is 1. The zero-order valence-corrected chi connectivity index (χ0v) is 20.1. The topological polar surface area (TPSA) is 152 Å². The van der Waals surface area contributed by atoms with Gasteiger partial charge in [0.1, 0.15) is 17.8 Å². The van der Waals surface area contributed by atoms with E-state index in [1.54, 1.807) is 6.07 Å². The molecule has 1 aliphatic heterocycles. The van der Waals surface area contributed by atoms with Gasteiger partial charge in [0.15, 0.2) is 11.6 Å². The first-order chi connectivity index (χ1) is 17.8. The Bertz CT molecular complexity index is 1180. The Morgan fingerprint density at radius 2 is 2.03 bits per heavy atom. The summed E-state index contributed by atoms with van der Waals surface area (Å²) >= 11 is 0. The summed E-state index contributed by atoms with van der Waals surface area (Å²) in [6.45, 7) is 2.09. The maximum atomic E-state index is 13.2. The van der Waals surface area contributed by atoms with Crippen molar-refractivity contribution in [3.63, 3.8) is 0 Å². The van der Waals surface area contributed by atoms with Gasteiger partial charge in [-0.1, -0.05) is 0 Å². The number of nitrogens with one attached hydrogen (secondary N) is 1. The van der Waals surface area contributed by atoms with E-state index in [2.05, 4.69) is 31.3 Å². The third-order valence-corrected chi connectivity index (χ3v) is 6.99. The van der Waals surface area contributed by atoms with Crippen LogP contribution in [0, 0.1) is 29.1 Å². The normalized spacial score (nSPS) is 23.0. The highest BCUT2D eigenvalue weighted by atomic mass is 19.3. The fourth-order valence-corrected chi connectivity index (χ4v) is 4.52. The number of carbonyl (C=O) groups excluding carboxylic acids is 1. The number of ether oxygens (including phenoxy) is 2. The summed E-state index contributed by atoms with van der Waals surface area (Å²) in [6, 6.07) is 3.22. The molecule has 2 aromatic heterocycles. The molecule has 0 spiro atoms. The van der Waals surface area contributed by atoms with E-state index in [-0.39, 0.29) is 48.9 Å². The number of nitrogens with two attached hydrogens (primary N) is 1. The summed E-state index contributed by atoms with van der Waals surface area (Å²) in [7, 11) is 0. The Morgan fingerprint density at radius 1 is 1.24 bits per heavy atom. The highest BCUT2D eigenvalue weighted by molar-refractivity contribution is 5.93. The maximum Gasteiger partial charge on any atom is 0.319 e. The number of halogens is 2. The van der Waals surface area contributed by atoms with Crippen LogP contribution >= 0.6 is 0 Å². The first-order valence-corrected chi connectivity index (χ1v) is 12.3. The Balaban J connectivity index is 1.22. The van der Waals surface area contributed by atoms with Crippen LogP contribution in [-0.2, 0) is 0 Å². The number of hydrogen-bond donors (Lipinski definition) is 2. The Kier molecular flexibility index (Phi) is 6.90. The summed E-state index contributed by atoms with van der Waals surface area (Å²) in [5.41, 5.74) is 5.87. The molecule has 0 aromatic carbocycles. The minimum Gasteiger partial charge on any atom is -0.488 e. The highest BCUT2D eigenvalue weighted by Crippen LogP contribution is 2.38. The van der Waals surface area contributed by atoms with Crippen LogP contribution < -0.4 is 25.4 Å². The van der Waals surface area contributed by atoms with Crippen molar-refractivity contribution >= 4 is 17.5 Å². The predicted octanol–water partition coefficient (Wildman–Crippen LogP) is 2.21. The molecule has 3 fully saturated rings. The van der Waals surface area contributed by atoms with Crippen LogP contribution in [0.4, 0.5) is 20.4 Å². The lowest BCUT2D eigenvalue weighted by atomic mass is 9.88. The molecule has 3 N–H and O–H groups in total. The second-order valence-electron chi connectivity index (χ2n) is 9.88. The lowest BCUT2D eigenvalue weighted by Gasteiger charge is -2.35. The van der Waals surface area contributed by atoms with Gasteiger partial charge in [0.25, 0.3) is 11.8 Å². The summed E-state index contributed by atoms with van der Waals surface area (Å²) in [4.78, 5) is 31.4. The van der Waals surface area contributed by atoms with Crippen molar-refractivity contribution in [2.24, 2.45) is 17.8 Å². The van der Waals surface area contributed by atoms with Gasteiger partial charge in [-0.05, 0) is 25.2 Å². The van der Waals surface area contributed by atoms with Gasteiger partial charge in [-0.2, -0.15) is 15.2 Å². The molecule has 196 valence electrons. The van der Waals surface area contributed by atoms with E-state index in [1.165, 1.54) is 12.5 Å². The van der Waals surface area contributed by atoms with E-state index in [1.807, 2.05) is 4.90 Å². The van der Waals surface area contributed by atoms with Gasteiger partial charge >= 0.3 is 6.01 Å². The standard InChI is InChI=1S/C24H28F2N8O3/c25-24(26)7-17(8-24)31-22(35)18-6-20(33-23(32-18)37-12-16-5-15(16)9-27)34-3-1-14(2-4-34)11-36-19-10-29-13-30-21(19)28/h6,10,13-17H,1-5,7-8,11-12H2,(H,31,35)(H2,28,29,30)/t15-,16+/m0/s1. The molecule has 0 radical (unpaired) electrons. The van der Waals surface area contributed by atoms with Gasteiger partial charge in [0, 0.05) is 44.0 Å². The minimum absolute atomic E-state index is 0.0368. The van der Waals surface area contributed by atoms with Crippen LogP contribution in [0.15, 0.2) is 18.6 Å². The van der Waals surface area contributed by atoms with E-state index < -0.39 is 17.9 Å². The number of nitrogen functional groups attached to an aromatic ring is 1. The molecule has 3 heterocycles. The Morgan fingerprint density at radius 3 is 2.70 bits per heavy atom. The van der Waals surface area contributed by atoms with Crippen LogP contribution in [0.5, 0.6) is 11.8 Å². The molecule has 3 aliphatic rings. The fourth-order valence-electron chi connectivity index (χ4n) is 4.52. The Hall–Kier alpha value is -3.82. The van der Waals surface area contributed by atoms with Gasteiger partial charge in [-0.15, -0.1) is 0 Å². The summed E-state index contributed by atoms with van der Waals surface area (Å²) in [5.74, 6) is -1.63. The number of aromatic nitrogens is 4. The van der Waals surface area contributed by atoms with Gasteiger partial charge in [-0.25, -0.2) is 18.7 Å². The van der Waals surface area contributed by atoms with E-state index >= 15 is 0 Å². The molecule has 2 atom stereocenters. The van der Waals surface area contributed by atoms with Crippen molar-refractivity contribution in [2.75, 3.05) is 36.9 Å². The first-order valence-electron chi connectivity index (χ1n) is 12.3. The molecule has 1 amide bonds. The van der Waals surface area contributed by atoms with Crippen LogP contribution in [-0.4, -0.2) is 64.1 Å². The van der Waals surface area contributed by atoms with Crippen molar-refractivity contribution in [2.45, 2.75) is 44.1 Å². The van der Waals surface area contributed by atoms with Crippen molar-refractivity contribution in [3.8, 4) is 17.8 Å². The highest BCUT2D eigenvalue weighted by Gasteiger charge is 2.46. The van der Waals surface area contributed by atoms with Gasteiger partial charge in [0.05, 0.1) is 31.4 Å². The minimum atomic E-state index is -2.74. The third-order valence-electron chi connectivity index (χ3n) is 6.99. The number of nitrogens with zero attached hydrogens (tertiary/aromatic N) is 6. The van der Waals surface area contributed by atoms with Crippen molar-refractivity contribution in [3.05, 3.63) is 24.3 Å². The number of anilines is 2. The second kappa shape index (κ2) is 10.3. The van der Waals surface area contributed by atoms with E-state index in [0.717, 1.165) is 19.3 Å². The molecule has 11 nitrogen and oxygen atoms in total. The van der Waals surface area contributed by atoms with E-state index in [9.17, 15) is 13.6 Å². The average molecular weight is 515 g/mol. The number of alkyl halides is 2. The SMILES string of the molecule is N#C[C@@H]1C[C@@H]1COc1nc(C(=O)NC2CC(F)(F)C2)cc(N2CCC(COc3cncnc3N)CC2)n1. The number of piperidine rings is 1. The summed E-state index contributed by atoms with van der Waals surface area (Å²) in [6.07, 6.45) is 4.54. The van der Waals surface area contributed by atoms with Crippen molar-refractivity contribution in [1.82, 2.24) is 25.3 Å². The summed E-state index contributed by atoms with van der Waals surface area (Å²) in [5, 5.41) is 11.6. The molecule has 2 aromatic rings. The molecule has 2 aliphatic carbocycles. The maximum absolute atomic E-state index is 13.2. The third kappa shape index (κ3) is 6.12. The van der Waals surface area contributed by atoms with Crippen LogP contribution in [0.3, 0.4) is 0 Å². The van der Waals surface area contributed by atoms with Gasteiger partial charge in [-0.3, -0.25) is 4.79 Å². The average Bonchev–Trinajstić information content (AvgIpc) is 3.65. The first kappa shape index (κ1) is 24.9. The monoisotopic (exact) mass is 514 g/mol. The van der Waals surface area contributed by atoms with Crippen molar-refractivity contribution < 1.29 is 23.0 Å². The van der Waals surface area contributed by atoms with Gasteiger partial charge in [0.2, 0.25) is 0 Å². The Labute approximate surface area is 212 Å². The zero-order valence-electron chi connectivity index (χ0n) is 20.1. The number of carbonyl (C=O) groups is 1. The quantitative estimate of drug-likeness (QED) is 0.509. The molecule has 1 saturated heterocycles. The number of hydrogen-bond acceptors (Lipinski definition) is 10. The van der Waals surface area contributed by atoms with Crippen LogP contribution in [0.25, 0.3) is 0 Å². The van der Waals surface area contributed by atoms with E-state index in [4.69, 9.17) is 20.5 Å². The smallest absolute Gasteiger partial charge is 0.319 e. The molecule has 0 bridgehead atoms. The number of rotatable bonds is 9. The molecule has 2 saturated carbocycles.